The smallest absolute Gasteiger partial charge is 0.257 e. The summed E-state index contributed by atoms with van der Waals surface area (Å²) in [7, 11) is 0. The number of amidine groups is 1. The molecule has 9 heteroatoms. The van der Waals surface area contributed by atoms with Crippen molar-refractivity contribution in [2.24, 2.45) is 10.7 Å². The molecule has 4 heterocycles. The van der Waals surface area contributed by atoms with Gasteiger partial charge in [0.05, 0.1) is 6.61 Å². The molecule has 5 rings (SSSR count). The van der Waals surface area contributed by atoms with E-state index in [4.69, 9.17) is 26.8 Å². The summed E-state index contributed by atoms with van der Waals surface area (Å²) >= 11 is 6.01. The van der Waals surface area contributed by atoms with E-state index in [1.165, 1.54) is 12.3 Å². The van der Waals surface area contributed by atoms with Crippen LogP contribution in [0.4, 0.5) is 8.78 Å². The molecule has 0 unspecified atom stereocenters. The maximum atomic E-state index is 14.6. The molecule has 0 aliphatic carbocycles. The number of nitrogens with zero attached hydrogens (tertiary/aromatic N) is 3. The Kier molecular flexibility index (Phi) is 4.01. The largest absolute Gasteiger partial charge is 0.452 e. The zero-order valence-electron chi connectivity index (χ0n) is 14.8. The first kappa shape index (κ1) is 18.0. The Morgan fingerprint density at radius 2 is 1.97 bits per heavy atom. The summed E-state index contributed by atoms with van der Waals surface area (Å²) < 4.78 is 40.2. The fraction of sp³-hybridized carbons (Fsp3) is 0.150. The highest BCUT2D eigenvalue weighted by Crippen LogP contribution is 2.52. The van der Waals surface area contributed by atoms with Crippen molar-refractivity contribution in [1.82, 2.24) is 9.97 Å². The lowest BCUT2D eigenvalue weighted by Crippen LogP contribution is -2.42. The first-order valence-corrected chi connectivity index (χ1v) is 9.07. The van der Waals surface area contributed by atoms with Crippen LogP contribution in [-0.4, -0.2) is 29.0 Å². The van der Waals surface area contributed by atoms with E-state index in [-0.39, 0.29) is 30.0 Å². The van der Waals surface area contributed by atoms with Gasteiger partial charge in [0.15, 0.2) is 5.75 Å². The Bertz CT molecular complexity index is 1190. The van der Waals surface area contributed by atoms with Gasteiger partial charge in [-0.25, -0.2) is 9.97 Å². The van der Waals surface area contributed by atoms with Crippen molar-refractivity contribution in [2.75, 3.05) is 13.2 Å². The van der Waals surface area contributed by atoms with Crippen molar-refractivity contribution >= 4 is 17.4 Å². The van der Waals surface area contributed by atoms with Gasteiger partial charge < -0.3 is 15.2 Å². The second-order valence-corrected chi connectivity index (χ2v) is 7.11. The number of hydrogen-bond acceptors (Lipinski definition) is 6. The average Bonchev–Trinajstić information content (AvgIpc) is 2.70. The molecule has 0 saturated carbocycles. The number of halogens is 3. The summed E-state index contributed by atoms with van der Waals surface area (Å²) in [6.07, 6.45) is 1.37. The van der Waals surface area contributed by atoms with E-state index in [9.17, 15) is 8.78 Å². The maximum absolute atomic E-state index is 14.6. The monoisotopic (exact) mass is 414 g/mol. The van der Waals surface area contributed by atoms with Crippen LogP contribution in [-0.2, 0) is 10.3 Å². The Morgan fingerprint density at radius 3 is 2.76 bits per heavy atom. The Morgan fingerprint density at radius 1 is 1.10 bits per heavy atom. The average molecular weight is 415 g/mol. The van der Waals surface area contributed by atoms with Crippen molar-refractivity contribution in [3.8, 4) is 22.6 Å². The summed E-state index contributed by atoms with van der Waals surface area (Å²) in [5.74, 6) is -0.986. The predicted molar refractivity (Wildman–Crippen MR) is 102 cm³/mol. The Hall–Kier alpha value is -3.10. The first-order valence-electron chi connectivity index (χ1n) is 8.70. The van der Waals surface area contributed by atoms with Crippen LogP contribution < -0.4 is 10.5 Å². The van der Waals surface area contributed by atoms with Gasteiger partial charge in [-0.15, -0.1) is 0 Å². The molecule has 6 nitrogen and oxygen atoms in total. The lowest BCUT2D eigenvalue weighted by molar-refractivity contribution is 0.109. The number of hydrogen-bond donors (Lipinski definition) is 1. The summed E-state index contributed by atoms with van der Waals surface area (Å²) in [6.45, 7) is 0.224. The molecule has 0 saturated heterocycles. The molecule has 0 fully saturated rings. The molecule has 2 aliphatic heterocycles. The van der Waals surface area contributed by atoms with E-state index < -0.39 is 17.4 Å². The number of benzene rings is 1. The first-order chi connectivity index (χ1) is 14.0. The number of aromatic nitrogens is 2. The highest BCUT2D eigenvalue weighted by atomic mass is 35.5. The van der Waals surface area contributed by atoms with E-state index in [1.54, 1.807) is 30.3 Å². The zero-order chi connectivity index (χ0) is 20.2. The molecule has 1 spiro atoms. The number of fused-ring (bicyclic) bond motifs is 4. The third-order valence-corrected chi connectivity index (χ3v) is 5.14. The summed E-state index contributed by atoms with van der Waals surface area (Å²) in [5.41, 5.74) is 6.53. The topological polar surface area (TPSA) is 82.6 Å². The minimum atomic E-state index is -1.20. The molecule has 2 aliphatic rings. The van der Waals surface area contributed by atoms with Crippen LogP contribution in [0.15, 0.2) is 47.6 Å². The number of nitrogens with two attached hydrogens (primary N) is 1. The van der Waals surface area contributed by atoms with E-state index >= 15 is 0 Å². The van der Waals surface area contributed by atoms with Crippen LogP contribution in [0.2, 0.25) is 5.15 Å². The minimum Gasteiger partial charge on any atom is -0.452 e. The molecular weight excluding hydrogens is 402 g/mol. The van der Waals surface area contributed by atoms with Gasteiger partial charge in [0.2, 0.25) is 5.95 Å². The van der Waals surface area contributed by atoms with Crippen LogP contribution in [0, 0.1) is 11.9 Å². The molecule has 2 N–H and O–H groups in total. The molecule has 0 radical (unpaired) electrons. The van der Waals surface area contributed by atoms with Gasteiger partial charge in [0.25, 0.3) is 5.95 Å². The molecule has 3 aromatic rings. The Balaban J connectivity index is 1.80. The predicted octanol–water partition coefficient (Wildman–Crippen LogP) is 3.81. The summed E-state index contributed by atoms with van der Waals surface area (Å²) in [5, 5.41) is -0.0542. The molecule has 1 aromatic carbocycles. The summed E-state index contributed by atoms with van der Waals surface area (Å²) in [6, 6.07) is 9.73. The number of ether oxygens (including phenoxy) is 2. The summed E-state index contributed by atoms with van der Waals surface area (Å²) in [4.78, 5) is 11.9. The zero-order valence-corrected chi connectivity index (χ0v) is 15.6. The minimum absolute atomic E-state index is 0.0542. The van der Waals surface area contributed by atoms with Crippen LogP contribution in [0.5, 0.6) is 11.5 Å². The van der Waals surface area contributed by atoms with Gasteiger partial charge in [0, 0.05) is 22.9 Å². The SMILES string of the molecule is NC1=N[C@@]2(COC1)c1cc(-c3cccnc3F)ccc1Oc1c2cc(Cl)nc1F. The molecule has 146 valence electrons. The van der Waals surface area contributed by atoms with Crippen LogP contribution in [0.1, 0.15) is 11.1 Å². The van der Waals surface area contributed by atoms with Gasteiger partial charge in [-0.2, -0.15) is 8.78 Å². The van der Waals surface area contributed by atoms with Crippen molar-refractivity contribution in [3.05, 3.63) is 70.8 Å². The molecule has 0 bridgehead atoms. The van der Waals surface area contributed by atoms with Crippen molar-refractivity contribution in [3.63, 3.8) is 0 Å². The fourth-order valence-corrected chi connectivity index (χ4v) is 3.92. The lowest BCUT2D eigenvalue weighted by atomic mass is 9.80. The van der Waals surface area contributed by atoms with Crippen molar-refractivity contribution < 1.29 is 18.3 Å². The maximum Gasteiger partial charge on any atom is 0.257 e. The van der Waals surface area contributed by atoms with E-state index in [0.717, 1.165) is 0 Å². The second kappa shape index (κ2) is 6.47. The number of pyridine rings is 2. The van der Waals surface area contributed by atoms with Gasteiger partial charge in [0.1, 0.15) is 28.9 Å². The van der Waals surface area contributed by atoms with E-state index in [0.29, 0.717) is 28.0 Å². The molecule has 2 aromatic heterocycles. The standard InChI is InChI=1S/C20H13ClF2N4O2/c21-15-7-13-17(19(23)26-15)29-14-4-3-10(11-2-1-5-25-18(11)22)6-12(14)20(13)9-28-8-16(24)27-20/h1-7H,8-9H2,(H2,24,27)/t20-/m0/s1. The van der Waals surface area contributed by atoms with Gasteiger partial charge in [-0.05, 0) is 35.9 Å². The van der Waals surface area contributed by atoms with Crippen LogP contribution in [0.3, 0.4) is 0 Å². The highest BCUT2D eigenvalue weighted by molar-refractivity contribution is 6.29. The molecule has 1 atom stereocenters. The van der Waals surface area contributed by atoms with Gasteiger partial charge in [-0.1, -0.05) is 17.7 Å². The van der Waals surface area contributed by atoms with Crippen LogP contribution in [0.25, 0.3) is 11.1 Å². The molecule has 0 amide bonds. The van der Waals surface area contributed by atoms with Crippen LogP contribution >= 0.6 is 11.6 Å². The van der Waals surface area contributed by atoms with Crippen molar-refractivity contribution in [1.29, 1.82) is 0 Å². The van der Waals surface area contributed by atoms with Gasteiger partial charge in [-0.3, -0.25) is 4.99 Å². The third-order valence-electron chi connectivity index (χ3n) is 4.95. The Labute approximate surface area is 169 Å². The van der Waals surface area contributed by atoms with E-state index in [1.807, 2.05) is 0 Å². The third kappa shape index (κ3) is 2.75. The van der Waals surface area contributed by atoms with Crippen molar-refractivity contribution in [2.45, 2.75) is 5.54 Å². The lowest BCUT2D eigenvalue weighted by Gasteiger charge is -2.39. The molecule has 29 heavy (non-hydrogen) atoms. The number of aliphatic imine (C=N–C) groups is 1. The number of rotatable bonds is 1. The van der Waals surface area contributed by atoms with Gasteiger partial charge >= 0.3 is 0 Å². The fourth-order valence-electron chi connectivity index (χ4n) is 3.73. The normalized spacial score (nSPS) is 19.9. The quantitative estimate of drug-likeness (QED) is 0.612. The van der Waals surface area contributed by atoms with E-state index in [2.05, 4.69) is 15.0 Å². The highest BCUT2D eigenvalue weighted by Gasteiger charge is 2.46. The molecular formula is C20H13ClF2N4O2. The second-order valence-electron chi connectivity index (χ2n) is 6.72.